The summed E-state index contributed by atoms with van der Waals surface area (Å²) in [5, 5.41) is 3.34. The number of amides is 1. The maximum absolute atomic E-state index is 12.6. The van der Waals surface area contributed by atoms with Crippen molar-refractivity contribution < 1.29 is 22.7 Å². The Morgan fingerprint density at radius 1 is 1.19 bits per heavy atom. The van der Waals surface area contributed by atoms with Crippen LogP contribution >= 0.6 is 11.6 Å². The summed E-state index contributed by atoms with van der Waals surface area (Å²) in [7, 11) is -2.62. The van der Waals surface area contributed by atoms with Crippen LogP contribution in [0, 0.1) is 0 Å². The summed E-state index contributed by atoms with van der Waals surface area (Å²) in [4.78, 5) is 24.8. The Morgan fingerprint density at radius 2 is 1.87 bits per heavy atom. The molecule has 0 fully saturated rings. The number of rotatable bonds is 7. The van der Waals surface area contributed by atoms with Gasteiger partial charge in [-0.1, -0.05) is 35.9 Å². The topological polar surface area (TPSA) is 92.8 Å². The molecule has 0 bridgehead atoms. The van der Waals surface area contributed by atoms with Gasteiger partial charge in [0.15, 0.2) is 6.10 Å². The third-order valence-corrected chi connectivity index (χ3v) is 7.31. The minimum Gasteiger partial charge on any atom is -0.452 e. The molecule has 9 heteroatoms. The third-order valence-electron chi connectivity index (χ3n) is 5.24. The van der Waals surface area contributed by atoms with E-state index in [4.69, 9.17) is 16.3 Å². The van der Waals surface area contributed by atoms with Crippen molar-refractivity contribution in [2.45, 2.75) is 43.2 Å². The quantitative estimate of drug-likeness (QED) is 0.635. The van der Waals surface area contributed by atoms with Gasteiger partial charge < -0.3 is 10.1 Å². The fraction of sp³-hybridized carbons (Fsp3) is 0.364. The minimum absolute atomic E-state index is 0.00829. The number of ether oxygens (including phenoxy) is 1. The van der Waals surface area contributed by atoms with Gasteiger partial charge in [-0.2, -0.15) is 4.31 Å². The molecule has 166 valence electrons. The van der Waals surface area contributed by atoms with E-state index in [9.17, 15) is 18.0 Å². The number of carbonyl (C=O) groups is 2. The van der Waals surface area contributed by atoms with Crippen LogP contribution in [0.15, 0.2) is 53.4 Å². The average molecular weight is 465 g/mol. The SMILES string of the molecule is CC(OC(=O)CN(C)S(=O)(=O)c1ccc(Cl)cc1)C(=O)NC1CCCc2ccccc21. The van der Waals surface area contributed by atoms with Crippen molar-refractivity contribution >= 4 is 33.5 Å². The number of hydrogen-bond acceptors (Lipinski definition) is 5. The number of esters is 1. The number of benzene rings is 2. The summed E-state index contributed by atoms with van der Waals surface area (Å²) in [6.07, 6.45) is 1.70. The van der Waals surface area contributed by atoms with Crippen molar-refractivity contribution in [1.82, 2.24) is 9.62 Å². The molecule has 0 radical (unpaired) electrons. The Labute approximate surface area is 187 Å². The molecule has 0 saturated heterocycles. The second-order valence-electron chi connectivity index (χ2n) is 7.50. The van der Waals surface area contributed by atoms with Crippen LogP contribution in [0.25, 0.3) is 0 Å². The summed E-state index contributed by atoms with van der Waals surface area (Å²) in [6.45, 7) is 0.949. The molecule has 0 aliphatic heterocycles. The fourth-order valence-electron chi connectivity index (χ4n) is 3.53. The van der Waals surface area contributed by atoms with Crippen molar-refractivity contribution in [1.29, 1.82) is 0 Å². The van der Waals surface area contributed by atoms with E-state index < -0.39 is 34.5 Å². The second kappa shape index (κ2) is 9.80. The molecule has 0 saturated carbocycles. The molecular weight excluding hydrogens is 440 g/mol. The Morgan fingerprint density at radius 3 is 2.58 bits per heavy atom. The average Bonchev–Trinajstić information content (AvgIpc) is 2.74. The highest BCUT2D eigenvalue weighted by molar-refractivity contribution is 7.89. The zero-order valence-corrected chi connectivity index (χ0v) is 18.9. The molecule has 31 heavy (non-hydrogen) atoms. The van der Waals surface area contributed by atoms with Gasteiger partial charge in [-0.3, -0.25) is 9.59 Å². The molecule has 2 unspecified atom stereocenters. The van der Waals surface area contributed by atoms with Crippen molar-refractivity contribution in [2.75, 3.05) is 13.6 Å². The lowest BCUT2D eigenvalue weighted by atomic mass is 9.87. The Bertz CT molecular complexity index is 1060. The van der Waals surface area contributed by atoms with E-state index in [0.717, 1.165) is 29.1 Å². The first-order chi connectivity index (χ1) is 14.7. The summed E-state index contributed by atoms with van der Waals surface area (Å²) in [6, 6.07) is 13.4. The number of carbonyl (C=O) groups excluding carboxylic acids is 2. The van der Waals surface area contributed by atoms with E-state index in [-0.39, 0.29) is 10.9 Å². The highest BCUT2D eigenvalue weighted by atomic mass is 35.5. The molecule has 1 aliphatic carbocycles. The van der Waals surface area contributed by atoms with Gasteiger partial charge in [0.1, 0.15) is 6.54 Å². The lowest BCUT2D eigenvalue weighted by Crippen LogP contribution is -2.41. The van der Waals surface area contributed by atoms with Gasteiger partial charge in [-0.05, 0) is 61.6 Å². The van der Waals surface area contributed by atoms with Gasteiger partial charge in [0.05, 0.1) is 10.9 Å². The lowest BCUT2D eigenvalue weighted by molar-refractivity contribution is -0.155. The molecule has 0 spiro atoms. The van der Waals surface area contributed by atoms with Crippen LogP contribution in [-0.2, 0) is 30.8 Å². The smallest absolute Gasteiger partial charge is 0.322 e. The number of aryl methyl sites for hydroxylation is 1. The summed E-state index contributed by atoms with van der Waals surface area (Å²) < 4.78 is 31.2. The molecule has 3 rings (SSSR count). The largest absolute Gasteiger partial charge is 0.452 e. The van der Waals surface area contributed by atoms with E-state index in [1.165, 1.54) is 43.8 Å². The molecule has 2 aromatic carbocycles. The van der Waals surface area contributed by atoms with Gasteiger partial charge in [0.25, 0.3) is 5.91 Å². The number of likely N-dealkylation sites (N-methyl/N-ethyl adjacent to an activating group) is 1. The van der Waals surface area contributed by atoms with E-state index in [2.05, 4.69) is 5.32 Å². The van der Waals surface area contributed by atoms with Crippen molar-refractivity contribution in [2.24, 2.45) is 0 Å². The molecule has 7 nitrogen and oxygen atoms in total. The zero-order chi connectivity index (χ0) is 22.6. The lowest BCUT2D eigenvalue weighted by Gasteiger charge is -2.27. The number of nitrogens with one attached hydrogen (secondary N) is 1. The predicted octanol–water partition coefficient (Wildman–Crippen LogP) is 3.09. The van der Waals surface area contributed by atoms with E-state index in [1.807, 2.05) is 24.3 Å². The predicted molar refractivity (Wildman–Crippen MR) is 117 cm³/mol. The molecule has 0 aromatic heterocycles. The minimum atomic E-state index is -3.89. The van der Waals surface area contributed by atoms with Crippen molar-refractivity contribution in [3.05, 3.63) is 64.7 Å². The number of fused-ring (bicyclic) bond motifs is 1. The van der Waals surface area contributed by atoms with Crippen LogP contribution in [0.5, 0.6) is 0 Å². The monoisotopic (exact) mass is 464 g/mol. The molecule has 1 aliphatic rings. The Kier molecular flexibility index (Phi) is 7.35. The summed E-state index contributed by atoms with van der Waals surface area (Å²) in [5.74, 6) is -1.23. The van der Waals surface area contributed by atoms with Gasteiger partial charge >= 0.3 is 5.97 Å². The van der Waals surface area contributed by atoms with Crippen molar-refractivity contribution in [3.63, 3.8) is 0 Å². The van der Waals surface area contributed by atoms with Crippen molar-refractivity contribution in [3.8, 4) is 0 Å². The maximum Gasteiger partial charge on any atom is 0.322 e. The van der Waals surface area contributed by atoms with Crippen LogP contribution in [0.4, 0.5) is 0 Å². The highest BCUT2D eigenvalue weighted by Gasteiger charge is 2.28. The Hall–Kier alpha value is -2.42. The molecule has 0 heterocycles. The van der Waals surface area contributed by atoms with Crippen LogP contribution < -0.4 is 5.32 Å². The van der Waals surface area contributed by atoms with Gasteiger partial charge in [0.2, 0.25) is 10.0 Å². The molecular formula is C22H25ClN2O5S. The standard InChI is InChI=1S/C22H25ClN2O5S/c1-15(22(27)24-20-9-5-7-16-6-3-4-8-19(16)20)30-21(26)14-25(2)31(28,29)18-12-10-17(23)11-13-18/h3-4,6,8,10-13,15,20H,5,7,9,14H2,1-2H3,(H,24,27). The van der Waals surface area contributed by atoms with Crippen LogP contribution in [0.2, 0.25) is 5.02 Å². The van der Waals surface area contributed by atoms with Gasteiger partial charge in [0, 0.05) is 12.1 Å². The zero-order valence-electron chi connectivity index (χ0n) is 17.4. The van der Waals surface area contributed by atoms with Gasteiger partial charge in [-0.15, -0.1) is 0 Å². The molecule has 2 atom stereocenters. The first-order valence-electron chi connectivity index (χ1n) is 9.98. The number of hydrogen-bond donors (Lipinski definition) is 1. The Balaban J connectivity index is 1.56. The first-order valence-corrected chi connectivity index (χ1v) is 11.8. The maximum atomic E-state index is 12.6. The second-order valence-corrected chi connectivity index (χ2v) is 9.98. The van der Waals surface area contributed by atoms with Crippen LogP contribution in [-0.4, -0.2) is 44.3 Å². The third kappa shape index (κ3) is 5.64. The molecule has 1 amide bonds. The van der Waals surface area contributed by atoms with E-state index in [1.54, 1.807) is 0 Å². The number of halogens is 1. The fourth-order valence-corrected chi connectivity index (χ4v) is 4.78. The normalized spacial score (nSPS) is 17.0. The van der Waals surface area contributed by atoms with E-state index in [0.29, 0.717) is 5.02 Å². The highest BCUT2D eigenvalue weighted by Crippen LogP contribution is 2.29. The van der Waals surface area contributed by atoms with Crippen LogP contribution in [0.1, 0.15) is 36.9 Å². The van der Waals surface area contributed by atoms with Crippen LogP contribution in [0.3, 0.4) is 0 Å². The van der Waals surface area contributed by atoms with Gasteiger partial charge in [-0.25, -0.2) is 8.42 Å². The first kappa shape index (κ1) is 23.2. The van der Waals surface area contributed by atoms with E-state index >= 15 is 0 Å². The molecule has 2 aromatic rings. The number of nitrogens with zero attached hydrogens (tertiary/aromatic N) is 1. The summed E-state index contributed by atoms with van der Waals surface area (Å²) >= 11 is 5.79. The number of sulfonamides is 1. The molecule has 1 N–H and O–H groups in total. The summed E-state index contributed by atoms with van der Waals surface area (Å²) in [5.41, 5.74) is 2.28.